The monoisotopic (exact) mass is 268 g/mol. The second-order valence-electron chi connectivity index (χ2n) is 4.76. The molecule has 0 atom stereocenters. The van der Waals surface area contributed by atoms with Crippen LogP contribution in [0, 0.1) is 0 Å². The van der Waals surface area contributed by atoms with Crippen LogP contribution in [0.25, 0.3) is 0 Å². The molecule has 0 saturated heterocycles. The molecule has 1 N–H and O–H groups in total. The molecule has 1 aliphatic rings. The fourth-order valence-corrected chi connectivity index (χ4v) is 2.25. The van der Waals surface area contributed by atoms with Crippen LogP contribution in [0.3, 0.4) is 0 Å². The molecule has 1 fully saturated rings. The van der Waals surface area contributed by atoms with Crippen molar-refractivity contribution in [3.05, 3.63) is 12.7 Å². The summed E-state index contributed by atoms with van der Waals surface area (Å²) in [4.78, 5) is 25.0. The van der Waals surface area contributed by atoms with Gasteiger partial charge < -0.3 is 15.0 Å². The van der Waals surface area contributed by atoms with E-state index in [0.717, 1.165) is 25.7 Å². The number of nitrogens with one attached hydrogen (secondary N) is 1. The van der Waals surface area contributed by atoms with E-state index < -0.39 is 0 Å². The Bertz CT molecular complexity index is 312. The molecule has 1 rings (SSSR count). The van der Waals surface area contributed by atoms with Gasteiger partial charge >= 0.3 is 12.0 Å². The van der Waals surface area contributed by atoms with Crippen LogP contribution in [-0.2, 0) is 9.53 Å². The quantitative estimate of drug-likeness (QED) is 0.592. The molecule has 0 aromatic rings. The Hall–Kier alpha value is -1.52. The molecule has 5 heteroatoms. The third kappa shape index (κ3) is 5.77. The topological polar surface area (TPSA) is 58.6 Å². The maximum atomic E-state index is 12.1. The normalized spacial score (nSPS) is 15.6. The highest BCUT2D eigenvalue weighted by molar-refractivity contribution is 5.81. The lowest BCUT2D eigenvalue weighted by Gasteiger charge is -2.27. The molecule has 1 aliphatic carbocycles. The van der Waals surface area contributed by atoms with Crippen molar-refractivity contribution in [1.29, 1.82) is 0 Å². The van der Waals surface area contributed by atoms with Crippen molar-refractivity contribution in [3.63, 3.8) is 0 Å². The van der Waals surface area contributed by atoms with Gasteiger partial charge in [-0.2, -0.15) is 0 Å². The fourth-order valence-electron chi connectivity index (χ4n) is 2.25. The van der Waals surface area contributed by atoms with Gasteiger partial charge in [0.15, 0.2) is 0 Å². The van der Waals surface area contributed by atoms with E-state index in [1.54, 1.807) is 13.0 Å². The maximum absolute atomic E-state index is 12.1. The van der Waals surface area contributed by atoms with Crippen molar-refractivity contribution in [2.75, 3.05) is 19.7 Å². The standard InChI is InChI=1S/C14H24N2O3/c1-3-10-16(11-13(17)19-4-2)14(18)15-12-8-6-5-7-9-12/h3,12H,1,4-11H2,2H3,(H,15,18). The van der Waals surface area contributed by atoms with Crippen molar-refractivity contribution >= 4 is 12.0 Å². The average Bonchev–Trinajstić information content (AvgIpc) is 2.39. The van der Waals surface area contributed by atoms with Crippen LogP contribution in [0.15, 0.2) is 12.7 Å². The predicted molar refractivity (Wildman–Crippen MR) is 73.8 cm³/mol. The lowest BCUT2D eigenvalue weighted by molar-refractivity contribution is -0.143. The molecule has 1 saturated carbocycles. The van der Waals surface area contributed by atoms with E-state index in [4.69, 9.17) is 4.74 Å². The molecule has 0 aromatic carbocycles. The first-order valence-corrected chi connectivity index (χ1v) is 6.99. The zero-order chi connectivity index (χ0) is 14.1. The lowest BCUT2D eigenvalue weighted by Crippen LogP contribution is -2.47. The second kappa shape index (κ2) is 8.56. The Kier molecular flexibility index (Phi) is 7.00. The Morgan fingerprint density at radius 1 is 1.37 bits per heavy atom. The number of carbonyl (C=O) groups is 2. The summed E-state index contributed by atoms with van der Waals surface area (Å²) >= 11 is 0. The van der Waals surface area contributed by atoms with Gasteiger partial charge in [-0.15, -0.1) is 6.58 Å². The third-order valence-electron chi connectivity index (χ3n) is 3.19. The van der Waals surface area contributed by atoms with Crippen LogP contribution >= 0.6 is 0 Å². The van der Waals surface area contributed by atoms with Gasteiger partial charge in [0, 0.05) is 12.6 Å². The van der Waals surface area contributed by atoms with E-state index >= 15 is 0 Å². The molecular formula is C14H24N2O3. The zero-order valence-corrected chi connectivity index (χ0v) is 11.7. The first-order chi connectivity index (χ1) is 9.17. The van der Waals surface area contributed by atoms with Gasteiger partial charge in [-0.1, -0.05) is 25.3 Å². The minimum atomic E-state index is -0.386. The molecule has 0 radical (unpaired) electrons. The van der Waals surface area contributed by atoms with E-state index in [1.807, 2.05) is 0 Å². The van der Waals surface area contributed by atoms with Crippen LogP contribution in [0.2, 0.25) is 0 Å². The molecular weight excluding hydrogens is 244 g/mol. The van der Waals surface area contributed by atoms with Crippen molar-refractivity contribution in [2.24, 2.45) is 0 Å². The number of hydrogen-bond donors (Lipinski definition) is 1. The number of rotatable bonds is 6. The maximum Gasteiger partial charge on any atom is 0.325 e. The molecule has 108 valence electrons. The first kappa shape index (κ1) is 15.5. The van der Waals surface area contributed by atoms with Crippen molar-refractivity contribution in [1.82, 2.24) is 10.2 Å². The lowest BCUT2D eigenvalue weighted by atomic mass is 9.96. The van der Waals surface area contributed by atoms with E-state index in [9.17, 15) is 9.59 Å². The number of carbonyl (C=O) groups excluding carboxylic acids is 2. The third-order valence-corrected chi connectivity index (χ3v) is 3.19. The van der Waals surface area contributed by atoms with E-state index in [0.29, 0.717) is 13.2 Å². The van der Waals surface area contributed by atoms with Crippen molar-refractivity contribution in [3.8, 4) is 0 Å². The molecule has 2 amide bonds. The smallest absolute Gasteiger partial charge is 0.325 e. The number of ether oxygens (including phenoxy) is 1. The number of nitrogens with zero attached hydrogens (tertiary/aromatic N) is 1. The van der Waals surface area contributed by atoms with Crippen LogP contribution in [-0.4, -0.2) is 42.6 Å². The summed E-state index contributed by atoms with van der Waals surface area (Å²) in [6.45, 7) is 6.00. The molecule has 19 heavy (non-hydrogen) atoms. The van der Waals surface area contributed by atoms with Gasteiger partial charge in [0.2, 0.25) is 0 Å². The van der Waals surface area contributed by atoms with Gasteiger partial charge in [0.25, 0.3) is 0 Å². The van der Waals surface area contributed by atoms with E-state index in [-0.39, 0.29) is 24.6 Å². The number of esters is 1. The van der Waals surface area contributed by atoms with Gasteiger partial charge in [0.1, 0.15) is 6.54 Å². The van der Waals surface area contributed by atoms with Crippen LogP contribution in [0.1, 0.15) is 39.0 Å². The SMILES string of the molecule is C=CCN(CC(=O)OCC)C(=O)NC1CCCCC1. The van der Waals surface area contributed by atoms with Crippen molar-refractivity contribution in [2.45, 2.75) is 45.1 Å². The highest BCUT2D eigenvalue weighted by atomic mass is 16.5. The van der Waals surface area contributed by atoms with Crippen molar-refractivity contribution < 1.29 is 14.3 Å². The van der Waals surface area contributed by atoms with Crippen LogP contribution in [0.5, 0.6) is 0 Å². The summed E-state index contributed by atoms with van der Waals surface area (Å²) < 4.78 is 4.86. The first-order valence-electron chi connectivity index (χ1n) is 6.99. The number of urea groups is 1. The Labute approximate surface area is 115 Å². The largest absolute Gasteiger partial charge is 0.465 e. The summed E-state index contributed by atoms with van der Waals surface area (Å²) in [5, 5.41) is 2.98. The molecule has 0 aromatic heterocycles. The highest BCUT2D eigenvalue weighted by Crippen LogP contribution is 2.17. The molecule has 0 aliphatic heterocycles. The van der Waals surface area contributed by atoms with E-state index in [2.05, 4.69) is 11.9 Å². The van der Waals surface area contributed by atoms with Crippen LogP contribution in [0.4, 0.5) is 4.79 Å². The summed E-state index contributed by atoms with van der Waals surface area (Å²) in [7, 11) is 0. The predicted octanol–water partition coefficient (Wildman–Crippen LogP) is 2.08. The fraction of sp³-hybridized carbons (Fsp3) is 0.714. The molecule has 0 unspecified atom stereocenters. The minimum absolute atomic E-state index is 0.0294. The van der Waals surface area contributed by atoms with Gasteiger partial charge in [0.05, 0.1) is 6.61 Å². The molecule has 0 bridgehead atoms. The van der Waals surface area contributed by atoms with E-state index in [1.165, 1.54) is 11.3 Å². The second-order valence-corrected chi connectivity index (χ2v) is 4.76. The Balaban J connectivity index is 2.46. The number of amides is 2. The Morgan fingerprint density at radius 3 is 2.63 bits per heavy atom. The van der Waals surface area contributed by atoms with Gasteiger partial charge in [-0.3, -0.25) is 4.79 Å². The highest BCUT2D eigenvalue weighted by Gasteiger charge is 2.21. The van der Waals surface area contributed by atoms with Crippen LogP contribution < -0.4 is 5.32 Å². The molecule has 0 heterocycles. The summed E-state index contributed by atoms with van der Waals surface area (Å²) in [6, 6.07) is 0.0237. The van der Waals surface area contributed by atoms with Gasteiger partial charge in [-0.25, -0.2) is 4.79 Å². The molecule has 0 spiro atoms. The Morgan fingerprint density at radius 2 is 2.05 bits per heavy atom. The summed E-state index contributed by atoms with van der Waals surface area (Å²) in [5.41, 5.74) is 0. The molecule has 5 nitrogen and oxygen atoms in total. The zero-order valence-electron chi connectivity index (χ0n) is 11.7. The summed E-state index contributed by atoms with van der Waals surface area (Å²) in [6.07, 6.45) is 7.21. The average molecular weight is 268 g/mol. The number of hydrogen-bond acceptors (Lipinski definition) is 3. The van der Waals surface area contributed by atoms with Gasteiger partial charge in [-0.05, 0) is 19.8 Å². The summed E-state index contributed by atoms with van der Waals surface area (Å²) in [5.74, 6) is -0.386. The minimum Gasteiger partial charge on any atom is -0.465 e.